The summed E-state index contributed by atoms with van der Waals surface area (Å²) in [5, 5.41) is 0. The quantitative estimate of drug-likeness (QED) is 0.593. The van der Waals surface area contributed by atoms with Crippen LogP contribution in [0.15, 0.2) is 24.3 Å². The fraction of sp³-hybridized carbons (Fsp3) is 0.500. The van der Waals surface area contributed by atoms with Gasteiger partial charge >= 0.3 is 0 Å². The molecule has 140 valence electrons. The SMILES string of the molecule is CCCc1ccc(N(CC)c2nc(C)cc(N3CCOCC3)n2)c(I)c1. The minimum atomic E-state index is 0.757. The molecule has 0 bridgehead atoms. The summed E-state index contributed by atoms with van der Waals surface area (Å²) in [6.45, 7) is 10.5. The molecule has 3 rings (SSSR count). The molecule has 1 aromatic carbocycles. The summed E-state index contributed by atoms with van der Waals surface area (Å²) in [6.07, 6.45) is 2.28. The Morgan fingerprint density at radius 3 is 2.58 bits per heavy atom. The van der Waals surface area contributed by atoms with Gasteiger partial charge in [-0.15, -0.1) is 0 Å². The average molecular weight is 466 g/mol. The summed E-state index contributed by atoms with van der Waals surface area (Å²) in [5.41, 5.74) is 3.55. The lowest BCUT2D eigenvalue weighted by atomic mass is 10.1. The van der Waals surface area contributed by atoms with Crippen LogP contribution in [0.3, 0.4) is 0 Å². The third-order valence-corrected chi connectivity index (χ3v) is 5.43. The highest BCUT2D eigenvalue weighted by Gasteiger charge is 2.18. The Hall–Kier alpha value is -1.41. The van der Waals surface area contributed by atoms with Gasteiger partial charge in [0.1, 0.15) is 5.82 Å². The monoisotopic (exact) mass is 466 g/mol. The molecule has 1 aromatic heterocycles. The van der Waals surface area contributed by atoms with Crippen LogP contribution in [0.4, 0.5) is 17.5 Å². The van der Waals surface area contributed by atoms with Gasteiger partial charge in [-0.2, -0.15) is 4.98 Å². The van der Waals surface area contributed by atoms with E-state index in [2.05, 4.69) is 70.5 Å². The van der Waals surface area contributed by atoms with Gasteiger partial charge in [0.25, 0.3) is 0 Å². The molecular weight excluding hydrogens is 439 g/mol. The van der Waals surface area contributed by atoms with Gasteiger partial charge in [-0.3, -0.25) is 0 Å². The fourth-order valence-electron chi connectivity index (χ4n) is 3.24. The van der Waals surface area contributed by atoms with Crippen LogP contribution in [0.5, 0.6) is 0 Å². The van der Waals surface area contributed by atoms with Gasteiger partial charge in [0.15, 0.2) is 0 Å². The van der Waals surface area contributed by atoms with Gasteiger partial charge in [-0.25, -0.2) is 4.98 Å². The molecule has 0 aliphatic carbocycles. The molecule has 0 atom stereocenters. The first-order valence-electron chi connectivity index (χ1n) is 9.36. The molecule has 1 aliphatic rings. The molecule has 0 amide bonds. The molecule has 2 aromatic rings. The molecule has 6 heteroatoms. The molecule has 0 spiro atoms. The first-order valence-corrected chi connectivity index (χ1v) is 10.4. The van der Waals surface area contributed by atoms with Crippen LogP contribution in [-0.4, -0.2) is 42.8 Å². The Morgan fingerprint density at radius 2 is 1.92 bits per heavy atom. The van der Waals surface area contributed by atoms with Crippen molar-refractivity contribution < 1.29 is 4.74 Å². The number of benzene rings is 1. The van der Waals surface area contributed by atoms with Crippen molar-refractivity contribution in [3.8, 4) is 0 Å². The maximum Gasteiger partial charge on any atom is 0.232 e. The lowest BCUT2D eigenvalue weighted by molar-refractivity contribution is 0.122. The molecule has 0 radical (unpaired) electrons. The maximum atomic E-state index is 5.47. The highest BCUT2D eigenvalue weighted by molar-refractivity contribution is 14.1. The van der Waals surface area contributed by atoms with E-state index in [4.69, 9.17) is 14.7 Å². The summed E-state index contributed by atoms with van der Waals surface area (Å²) in [4.78, 5) is 14.1. The van der Waals surface area contributed by atoms with Gasteiger partial charge in [0.2, 0.25) is 5.95 Å². The van der Waals surface area contributed by atoms with Crippen molar-refractivity contribution in [2.24, 2.45) is 0 Å². The topological polar surface area (TPSA) is 41.5 Å². The van der Waals surface area contributed by atoms with Crippen LogP contribution >= 0.6 is 22.6 Å². The van der Waals surface area contributed by atoms with Gasteiger partial charge in [-0.1, -0.05) is 19.4 Å². The van der Waals surface area contributed by atoms with E-state index in [0.717, 1.165) is 63.1 Å². The zero-order valence-corrected chi connectivity index (χ0v) is 18.0. The van der Waals surface area contributed by atoms with Crippen LogP contribution in [0.2, 0.25) is 0 Å². The largest absolute Gasteiger partial charge is 0.378 e. The zero-order valence-electron chi connectivity index (χ0n) is 15.8. The number of halogens is 1. The summed E-state index contributed by atoms with van der Waals surface area (Å²) in [7, 11) is 0. The van der Waals surface area contributed by atoms with Gasteiger partial charge < -0.3 is 14.5 Å². The molecule has 0 saturated carbocycles. The molecule has 5 nitrogen and oxygen atoms in total. The lowest BCUT2D eigenvalue weighted by Crippen LogP contribution is -2.37. The van der Waals surface area contributed by atoms with E-state index in [9.17, 15) is 0 Å². The molecule has 26 heavy (non-hydrogen) atoms. The first kappa shape index (κ1) is 19.4. The normalized spacial score (nSPS) is 14.5. The molecule has 1 aliphatic heterocycles. The van der Waals surface area contributed by atoms with E-state index < -0.39 is 0 Å². The number of morpholine rings is 1. The van der Waals surface area contributed by atoms with E-state index in [1.54, 1.807) is 0 Å². The van der Waals surface area contributed by atoms with Crippen molar-refractivity contribution >= 4 is 40.0 Å². The Morgan fingerprint density at radius 1 is 1.15 bits per heavy atom. The highest BCUT2D eigenvalue weighted by Crippen LogP contribution is 2.30. The van der Waals surface area contributed by atoms with Crippen molar-refractivity contribution in [1.29, 1.82) is 0 Å². The smallest absolute Gasteiger partial charge is 0.232 e. The predicted octanol–water partition coefficient (Wildman–Crippen LogP) is 4.34. The van der Waals surface area contributed by atoms with Gasteiger partial charge in [-0.05, 0) is 60.6 Å². The molecular formula is C20H27IN4O. The van der Waals surface area contributed by atoms with Crippen LogP contribution in [-0.2, 0) is 11.2 Å². The van der Waals surface area contributed by atoms with Crippen LogP contribution < -0.4 is 9.80 Å². The number of aryl methyl sites for hydroxylation is 2. The second kappa shape index (κ2) is 8.99. The molecule has 2 heterocycles. The minimum Gasteiger partial charge on any atom is -0.378 e. The maximum absolute atomic E-state index is 5.47. The van der Waals surface area contributed by atoms with Crippen LogP contribution in [0, 0.1) is 10.5 Å². The third kappa shape index (κ3) is 4.46. The van der Waals surface area contributed by atoms with E-state index in [1.165, 1.54) is 14.8 Å². The second-order valence-electron chi connectivity index (χ2n) is 6.55. The highest BCUT2D eigenvalue weighted by atomic mass is 127. The van der Waals surface area contributed by atoms with Crippen molar-refractivity contribution in [2.45, 2.75) is 33.6 Å². The van der Waals surface area contributed by atoms with Crippen molar-refractivity contribution in [2.75, 3.05) is 42.6 Å². The number of rotatable bonds is 6. The first-order chi connectivity index (χ1) is 12.6. The Kier molecular flexibility index (Phi) is 6.69. The molecule has 1 saturated heterocycles. The van der Waals surface area contributed by atoms with Crippen molar-refractivity contribution in [3.63, 3.8) is 0 Å². The number of hydrogen-bond donors (Lipinski definition) is 0. The minimum absolute atomic E-state index is 0.757. The summed E-state index contributed by atoms with van der Waals surface area (Å²) in [5.74, 6) is 1.77. The Balaban J connectivity index is 1.93. The molecule has 1 fully saturated rings. The fourth-order valence-corrected chi connectivity index (χ4v) is 4.12. The van der Waals surface area contributed by atoms with Crippen LogP contribution in [0.1, 0.15) is 31.5 Å². The standard InChI is InChI=1S/C20H27IN4O/c1-4-6-16-7-8-18(17(21)14-16)25(5-2)20-22-15(3)13-19(23-20)24-9-11-26-12-10-24/h7-8,13-14H,4-6,9-12H2,1-3H3. The summed E-state index contributed by atoms with van der Waals surface area (Å²) < 4.78 is 6.71. The zero-order chi connectivity index (χ0) is 18.5. The number of ether oxygens (including phenoxy) is 1. The third-order valence-electron chi connectivity index (χ3n) is 4.56. The van der Waals surface area contributed by atoms with Gasteiger partial charge in [0, 0.05) is 35.0 Å². The summed E-state index contributed by atoms with van der Waals surface area (Å²) >= 11 is 2.43. The number of anilines is 3. The Labute approximate surface area is 169 Å². The number of nitrogens with zero attached hydrogens (tertiary/aromatic N) is 4. The Bertz CT molecular complexity index is 747. The van der Waals surface area contributed by atoms with E-state index in [0.29, 0.717) is 0 Å². The van der Waals surface area contributed by atoms with Gasteiger partial charge in [0.05, 0.1) is 18.9 Å². The molecule has 0 N–H and O–H groups in total. The van der Waals surface area contributed by atoms with Crippen LogP contribution in [0.25, 0.3) is 0 Å². The lowest BCUT2D eigenvalue weighted by Gasteiger charge is -2.29. The number of hydrogen-bond acceptors (Lipinski definition) is 5. The van der Waals surface area contributed by atoms with Crippen molar-refractivity contribution in [1.82, 2.24) is 9.97 Å². The summed E-state index contributed by atoms with van der Waals surface area (Å²) in [6, 6.07) is 8.78. The average Bonchev–Trinajstić information content (AvgIpc) is 2.64. The predicted molar refractivity (Wildman–Crippen MR) is 116 cm³/mol. The van der Waals surface area contributed by atoms with E-state index >= 15 is 0 Å². The van der Waals surface area contributed by atoms with E-state index in [-0.39, 0.29) is 0 Å². The number of aromatic nitrogens is 2. The second-order valence-corrected chi connectivity index (χ2v) is 7.71. The van der Waals surface area contributed by atoms with E-state index in [1.807, 2.05) is 6.92 Å². The van der Waals surface area contributed by atoms with Crippen molar-refractivity contribution in [3.05, 3.63) is 39.1 Å². The molecule has 0 unspecified atom stereocenters.